The molecular weight excluding hydrogens is 284 g/mol. The van der Waals surface area contributed by atoms with E-state index < -0.39 is 0 Å². The van der Waals surface area contributed by atoms with E-state index in [1.165, 1.54) is 32.1 Å². The van der Waals surface area contributed by atoms with E-state index in [4.69, 9.17) is 16.3 Å². The first kappa shape index (κ1) is 15.1. The summed E-state index contributed by atoms with van der Waals surface area (Å²) in [7, 11) is 0. The second-order valence-electron chi connectivity index (χ2n) is 6.44. The molecule has 2 saturated carbocycles. The van der Waals surface area contributed by atoms with Crippen molar-refractivity contribution in [3.8, 4) is 0 Å². The largest absolute Gasteiger partial charge is 0.380 e. The molecule has 1 aromatic rings. The van der Waals surface area contributed by atoms with Gasteiger partial charge in [-0.25, -0.2) is 4.98 Å². The van der Waals surface area contributed by atoms with Crippen LogP contribution in [0.2, 0.25) is 5.15 Å². The lowest BCUT2D eigenvalue weighted by molar-refractivity contribution is -0.134. The van der Waals surface area contributed by atoms with Gasteiger partial charge in [-0.3, -0.25) is 0 Å². The van der Waals surface area contributed by atoms with E-state index in [2.05, 4.69) is 23.3 Å². The van der Waals surface area contributed by atoms with Crippen molar-refractivity contribution in [2.75, 3.05) is 11.9 Å². The molecule has 0 aromatic carbocycles. The van der Waals surface area contributed by atoms with Crippen LogP contribution in [0.3, 0.4) is 0 Å². The minimum absolute atomic E-state index is 0.334. The van der Waals surface area contributed by atoms with Crippen LogP contribution in [0.4, 0.5) is 5.69 Å². The number of pyridine rings is 1. The number of aryl methyl sites for hydroxylation is 1. The molecule has 2 unspecified atom stereocenters. The second-order valence-corrected chi connectivity index (χ2v) is 6.82. The molecule has 116 valence electrons. The number of hydrogen-bond acceptors (Lipinski definition) is 3. The first-order valence-corrected chi connectivity index (χ1v) is 8.55. The number of ether oxygens (including phenoxy) is 1. The molecule has 1 spiro atoms. The number of aromatic nitrogens is 1. The van der Waals surface area contributed by atoms with E-state index >= 15 is 0 Å². The SMILES string of the molecule is CCOC1CC(Nc2ccc(Cl)nc2C)C12CCCCC2. The van der Waals surface area contributed by atoms with Gasteiger partial charge < -0.3 is 10.1 Å². The van der Waals surface area contributed by atoms with E-state index in [0.29, 0.717) is 22.7 Å². The molecular formula is C17H25ClN2O. The fourth-order valence-electron chi connectivity index (χ4n) is 4.14. The first-order chi connectivity index (χ1) is 10.2. The molecule has 4 heteroatoms. The maximum Gasteiger partial charge on any atom is 0.129 e. The van der Waals surface area contributed by atoms with Gasteiger partial charge in [0.2, 0.25) is 0 Å². The number of anilines is 1. The Kier molecular flexibility index (Phi) is 4.41. The average molecular weight is 309 g/mol. The quantitative estimate of drug-likeness (QED) is 0.826. The van der Waals surface area contributed by atoms with E-state index in [1.54, 1.807) is 0 Å². The maximum absolute atomic E-state index is 6.01. The molecule has 0 radical (unpaired) electrons. The zero-order chi connectivity index (χ0) is 14.9. The zero-order valence-electron chi connectivity index (χ0n) is 13.0. The van der Waals surface area contributed by atoms with Gasteiger partial charge in [0, 0.05) is 18.1 Å². The number of nitrogens with zero attached hydrogens (tertiary/aromatic N) is 1. The van der Waals surface area contributed by atoms with Gasteiger partial charge in [0.25, 0.3) is 0 Å². The van der Waals surface area contributed by atoms with E-state index in [1.807, 2.05) is 13.0 Å². The lowest BCUT2D eigenvalue weighted by Crippen LogP contribution is -2.62. The predicted octanol–water partition coefficient (Wildman–Crippen LogP) is 4.58. The minimum Gasteiger partial charge on any atom is -0.380 e. The lowest BCUT2D eigenvalue weighted by atomic mass is 9.55. The Balaban J connectivity index is 1.75. The summed E-state index contributed by atoms with van der Waals surface area (Å²) in [5, 5.41) is 4.28. The van der Waals surface area contributed by atoms with Crippen molar-refractivity contribution in [2.24, 2.45) is 5.41 Å². The van der Waals surface area contributed by atoms with Gasteiger partial charge in [0.15, 0.2) is 0 Å². The molecule has 2 atom stereocenters. The summed E-state index contributed by atoms with van der Waals surface area (Å²) in [6.45, 7) is 4.94. The Morgan fingerprint density at radius 3 is 2.76 bits per heavy atom. The van der Waals surface area contributed by atoms with E-state index in [0.717, 1.165) is 24.4 Å². The summed E-state index contributed by atoms with van der Waals surface area (Å²) in [6, 6.07) is 4.43. The van der Waals surface area contributed by atoms with Crippen molar-refractivity contribution in [3.05, 3.63) is 23.0 Å². The molecule has 1 N–H and O–H groups in total. The normalized spacial score (nSPS) is 27.4. The van der Waals surface area contributed by atoms with Crippen LogP contribution < -0.4 is 5.32 Å². The molecule has 2 aliphatic carbocycles. The summed E-state index contributed by atoms with van der Waals surface area (Å²) < 4.78 is 6.01. The molecule has 0 amide bonds. The highest BCUT2D eigenvalue weighted by molar-refractivity contribution is 6.29. The van der Waals surface area contributed by atoms with Crippen LogP contribution in [0, 0.1) is 12.3 Å². The van der Waals surface area contributed by atoms with Crippen molar-refractivity contribution < 1.29 is 4.74 Å². The van der Waals surface area contributed by atoms with Gasteiger partial charge in [-0.2, -0.15) is 0 Å². The maximum atomic E-state index is 6.01. The summed E-state index contributed by atoms with van der Waals surface area (Å²) in [5.74, 6) is 0. The molecule has 1 heterocycles. The number of halogens is 1. The zero-order valence-corrected chi connectivity index (χ0v) is 13.7. The molecule has 0 saturated heterocycles. The predicted molar refractivity (Wildman–Crippen MR) is 86.9 cm³/mol. The van der Waals surface area contributed by atoms with E-state index in [9.17, 15) is 0 Å². The average Bonchev–Trinajstić information content (AvgIpc) is 2.49. The van der Waals surface area contributed by atoms with Crippen LogP contribution in [0.15, 0.2) is 12.1 Å². The molecule has 1 aromatic heterocycles. The summed E-state index contributed by atoms with van der Waals surface area (Å²) in [6.07, 6.45) is 8.15. The second kappa shape index (κ2) is 6.13. The third kappa shape index (κ3) is 2.78. The smallest absolute Gasteiger partial charge is 0.129 e. The van der Waals surface area contributed by atoms with Gasteiger partial charge in [0.05, 0.1) is 17.5 Å². The van der Waals surface area contributed by atoms with Crippen LogP contribution in [-0.2, 0) is 4.74 Å². The van der Waals surface area contributed by atoms with Crippen molar-refractivity contribution >= 4 is 17.3 Å². The Hall–Kier alpha value is -0.800. The standard InChI is InChI=1S/C17H25ClN2O/c1-3-21-15-11-14(17(15)9-5-4-6-10-17)20-13-7-8-16(18)19-12(13)2/h7-8,14-15,20H,3-6,9-11H2,1-2H3. The van der Waals surface area contributed by atoms with Crippen molar-refractivity contribution in [1.82, 2.24) is 4.98 Å². The van der Waals surface area contributed by atoms with Crippen molar-refractivity contribution in [1.29, 1.82) is 0 Å². The van der Waals surface area contributed by atoms with Gasteiger partial charge in [0.1, 0.15) is 5.15 Å². The Morgan fingerprint density at radius 2 is 2.10 bits per heavy atom. The Morgan fingerprint density at radius 1 is 1.33 bits per heavy atom. The van der Waals surface area contributed by atoms with E-state index in [-0.39, 0.29) is 0 Å². The highest BCUT2D eigenvalue weighted by Crippen LogP contribution is 2.54. The van der Waals surface area contributed by atoms with Crippen molar-refractivity contribution in [2.45, 2.75) is 64.5 Å². The van der Waals surface area contributed by atoms with Gasteiger partial charge in [-0.05, 0) is 45.2 Å². The van der Waals surface area contributed by atoms with Gasteiger partial charge in [-0.1, -0.05) is 30.9 Å². The highest BCUT2D eigenvalue weighted by Gasteiger charge is 2.55. The third-order valence-electron chi connectivity index (χ3n) is 5.32. The fourth-order valence-corrected chi connectivity index (χ4v) is 4.33. The first-order valence-electron chi connectivity index (χ1n) is 8.17. The molecule has 21 heavy (non-hydrogen) atoms. The Labute approximate surface area is 132 Å². The van der Waals surface area contributed by atoms with Gasteiger partial charge in [-0.15, -0.1) is 0 Å². The summed E-state index contributed by atoms with van der Waals surface area (Å²) >= 11 is 5.95. The monoisotopic (exact) mass is 308 g/mol. The highest BCUT2D eigenvalue weighted by atomic mass is 35.5. The van der Waals surface area contributed by atoms with Crippen LogP contribution in [0.25, 0.3) is 0 Å². The van der Waals surface area contributed by atoms with Crippen LogP contribution in [0.1, 0.15) is 51.1 Å². The lowest BCUT2D eigenvalue weighted by Gasteiger charge is -2.58. The Bertz CT molecular complexity index is 500. The molecule has 0 bridgehead atoms. The summed E-state index contributed by atoms with van der Waals surface area (Å²) in [4.78, 5) is 4.35. The molecule has 3 nitrogen and oxygen atoms in total. The molecule has 0 aliphatic heterocycles. The number of nitrogens with one attached hydrogen (secondary N) is 1. The minimum atomic E-state index is 0.334. The summed E-state index contributed by atoms with van der Waals surface area (Å²) in [5.41, 5.74) is 2.43. The molecule has 2 fully saturated rings. The van der Waals surface area contributed by atoms with Crippen LogP contribution >= 0.6 is 11.6 Å². The molecule has 2 aliphatic rings. The van der Waals surface area contributed by atoms with Crippen molar-refractivity contribution in [3.63, 3.8) is 0 Å². The third-order valence-corrected chi connectivity index (χ3v) is 5.53. The molecule has 3 rings (SSSR count). The van der Waals surface area contributed by atoms with Crippen LogP contribution in [-0.4, -0.2) is 23.7 Å². The number of rotatable bonds is 4. The van der Waals surface area contributed by atoms with Crippen LogP contribution in [0.5, 0.6) is 0 Å². The van der Waals surface area contributed by atoms with Gasteiger partial charge >= 0.3 is 0 Å². The fraction of sp³-hybridized carbons (Fsp3) is 0.706. The topological polar surface area (TPSA) is 34.1 Å². The number of hydrogen-bond donors (Lipinski definition) is 1.